The van der Waals surface area contributed by atoms with Crippen molar-refractivity contribution in [1.82, 2.24) is 14.4 Å². The van der Waals surface area contributed by atoms with E-state index in [0.29, 0.717) is 0 Å². The molecule has 40 heavy (non-hydrogen) atoms. The van der Waals surface area contributed by atoms with Crippen LogP contribution >= 0.6 is 0 Å². The lowest BCUT2D eigenvalue weighted by Crippen LogP contribution is -1.89. The molecule has 0 N–H and O–H groups in total. The first-order chi connectivity index (χ1) is 19.8. The molecule has 0 saturated heterocycles. The number of benzene rings is 6. The van der Waals surface area contributed by atoms with Crippen LogP contribution in [-0.2, 0) is 0 Å². The van der Waals surface area contributed by atoms with Crippen molar-refractivity contribution < 1.29 is 4.42 Å². The van der Waals surface area contributed by atoms with Crippen LogP contribution in [0.5, 0.6) is 0 Å². The van der Waals surface area contributed by atoms with E-state index in [9.17, 15) is 0 Å². The van der Waals surface area contributed by atoms with E-state index in [4.69, 9.17) is 14.4 Å². The summed E-state index contributed by atoms with van der Waals surface area (Å²) in [6.07, 6.45) is 0. The highest BCUT2D eigenvalue weighted by Crippen LogP contribution is 2.43. The molecule has 0 aliphatic rings. The predicted octanol–water partition coefficient (Wildman–Crippen LogP) is 9.50. The topological polar surface area (TPSA) is 43.3 Å². The fourth-order valence-electron chi connectivity index (χ4n) is 6.71. The standard InChI is InChI=1S/C36H19N3O/c1-2-8-23-22(7-1)19-27-34-36(38-29-11-5-4-10-28(29)37-34)39-30-15-13-20(18-26(30)33(23)35(27)39)21-14-16-32-25(17-21)24-9-3-6-12-31(24)40-32/h1-19H. The number of rotatable bonds is 1. The first-order valence-corrected chi connectivity index (χ1v) is 13.5. The van der Waals surface area contributed by atoms with Gasteiger partial charge in [0, 0.05) is 26.9 Å². The van der Waals surface area contributed by atoms with Crippen LogP contribution in [0.15, 0.2) is 120 Å². The molecule has 10 aromatic rings. The van der Waals surface area contributed by atoms with Gasteiger partial charge in [0.1, 0.15) is 16.7 Å². The van der Waals surface area contributed by atoms with Gasteiger partial charge < -0.3 is 4.42 Å². The van der Waals surface area contributed by atoms with Crippen molar-refractivity contribution in [3.05, 3.63) is 115 Å². The monoisotopic (exact) mass is 509 g/mol. The van der Waals surface area contributed by atoms with Crippen LogP contribution in [0.3, 0.4) is 0 Å². The lowest BCUT2D eigenvalue weighted by atomic mass is 9.98. The highest BCUT2D eigenvalue weighted by molar-refractivity contribution is 6.31. The fraction of sp³-hybridized carbons (Fsp3) is 0. The molecule has 184 valence electrons. The van der Waals surface area contributed by atoms with Crippen molar-refractivity contribution >= 4 is 82.1 Å². The van der Waals surface area contributed by atoms with Gasteiger partial charge in [-0.3, -0.25) is 4.40 Å². The van der Waals surface area contributed by atoms with Gasteiger partial charge in [-0.1, -0.05) is 66.7 Å². The Hall–Kier alpha value is -5.48. The highest BCUT2D eigenvalue weighted by Gasteiger charge is 2.22. The molecule has 10 rings (SSSR count). The molecule has 4 aromatic heterocycles. The Balaban J connectivity index is 1.35. The summed E-state index contributed by atoms with van der Waals surface area (Å²) in [6, 6.07) is 40.6. The molecule has 0 amide bonds. The first-order valence-electron chi connectivity index (χ1n) is 13.5. The zero-order chi connectivity index (χ0) is 25.9. The Morgan fingerprint density at radius 1 is 0.525 bits per heavy atom. The van der Waals surface area contributed by atoms with E-state index in [1.54, 1.807) is 0 Å². The number of aromatic nitrogens is 3. The third-order valence-corrected chi connectivity index (χ3v) is 8.48. The second kappa shape index (κ2) is 7.13. The second-order valence-corrected chi connectivity index (χ2v) is 10.6. The number of nitrogens with zero attached hydrogens (tertiary/aromatic N) is 3. The van der Waals surface area contributed by atoms with Gasteiger partial charge in [-0.2, -0.15) is 0 Å². The van der Waals surface area contributed by atoms with Gasteiger partial charge in [0.05, 0.1) is 22.1 Å². The molecule has 4 heterocycles. The number of fused-ring (bicyclic) bond motifs is 12. The van der Waals surface area contributed by atoms with Crippen molar-refractivity contribution in [2.45, 2.75) is 0 Å². The van der Waals surface area contributed by atoms with Crippen LogP contribution in [-0.4, -0.2) is 14.4 Å². The average Bonchev–Trinajstić information content (AvgIpc) is 3.65. The Bertz CT molecular complexity index is 2660. The minimum Gasteiger partial charge on any atom is -0.456 e. The predicted molar refractivity (Wildman–Crippen MR) is 164 cm³/mol. The molecular weight excluding hydrogens is 490 g/mol. The molecule has 4 heteroatoms. The zero-order valence-electron chi connectivity index (χ0n) is 21.2. The van der Waals surface area contributed by atoms with Crippen LogP contribution in [0.4, 0.5) is 0 Å². The van der Waals surface area contributed by atoms with E-state index in [2.05, 4.69) is 83.3 Å². The van der Waals surface area contributed by atoms with Crippen LogP contribution in [0.25, 0.3) is 93.2 Å². The Morgan fingerprint density at radius 3 is 2.12 bits per heavy atom. The van der Waals surface area contributed by atoms with Gasteiger partial charge in [0.25, 0.3) is 0 Å². The van der Waals surface area contributed by atoms with E-state index in [0.717, 1.165) is 55.0 Å². The molecule has 0 unspecified atom stereocenters. The first kappa shape index (κ1) is 20.5. The number of furan rings is 1. The van der Waals surface area contributed by atoms with Gasteiger partial charge in [0.2, 0.25) is 0 Å². The molecule has 0 atom stereocenters. The Morgan fingerprint density at radius 2 is 1.23 bits per heavy atom. The fourth-order valence-corrected chi connectivity index (χ4v) is 6.71. The van der Waals surface area contributed by atoms with Crippen LogP contribution < -0.4 is 0 Å². The van der Waals surface area contributed by atoms with E-state index in [1.165, 1.54) is 38.2 Å². The van der Waals surface area contributed by atoms with Crippen molar-refractivity contribution in [3.63, 3.8) is 0 Å². The Kier molecular flexibility index (Phi) is 3.65. The average molecular weight is 510 g/mol. The second-order valence-electron chi connectivity index (χ2n) is 10.6. The SMILES string of the molecule is c1ccc2c(c1)cc1c3nc4ccccc4nc3n3c4ccc(-c5ccc6oc7ccccc7c6c5)cc4c2c13. The highest BCUT2D eigenvalue weighted by atomic mass is 16.3. The van der Waals surface area contributed by atoms with E-state index in [1.807, 2.05) is 36.4 Å². The summed E-state index contributed by atoms with van der Waals surface area (Å²) in [7, 11) is 0. The molecule has 0 bridgehead atoms. The molecule has 0 spiro atoms. The van der Waals surface area contributed by atoms with Gasteiger partial charge in [0.15, 0.2) is 5.65 Å². The normalized spacial score (nSPS) is 12.5. The molecule has 0 saturated carbocycles. The molecular formula is C36H19N3O. The molecule has 6 aromatic carbocycles. The molecule has 0 radical (unpaired) electrons. The summed E-state index contributed by atoms with van der Waals surface area (Å²) in [5.41, 5.74) is 10.2. The third kappa shape index (κ3) is 2.51. The minimum absolute atomic E-state index is 0.906. The third-order valence-electron chi connectivity index (χ3n) is 8.48. The molecule has 0 fully saturated rings. The molecule has 4 nitrogen and oxygen atoms in total. The summed E-state index contributed by atoms with van der Waals surface area (Å²) < 4.78 is 8.41. The van der Waals surface area contributed by atoms with Crippen molar-refractivity contribution in [2.24, 2.45) is 0 Å². The van der Waals surface area contributed by atoms with Crippen molar-refractivity contribution in [1.29, 1.82) is 0 Å². The largest absolute Gasteiger partial charge is 0.456 e. The quantitative estimate of drug-likeness (QED) is 0.221. The van der Waals surface area contributed by atoms with Gasteiger partial charge >= 0.3 is 0 Å². The summed E-state index contributed by atoms with van der Waals surface area (Å²) in [6.45, 7) is 0. The summed E-state index contributed by atoms with van der Waals surface area (Å²) in [5.74, 6) is 0. The smallest absolute Gasteiger partial charge is 0.165 e. The number of hydrogen-bond donors (Lipinski definition) is 0. The van der Waals surface area contributed by atoms with Crippen molar-refractivity contribution in [2.75, 3.05) is 0 Å². The van der Waals surface area contributed by atoms with Crippen LogP contribution in [0.2, 0.25) is 0 Å². The van der Waals surface area contributed by atoms with E-state index in [-0.39, 0.29) is 0 Å². The van der Waals surface area contributed by atoms with Gasteiger partial charge in [-0.05, 0) is 70.4 Å². The maximum Gasteiger partial charge on any atom is 0.165 e. The summed E-state index contributed by atoms with van der Waals surface area (Å²) >= 11 is 0. The summed E-state index contributed by atoms with van der Waals surface area (Å²) in [5, 5.41) is 8.36. The van der Waals surface area contributed by atoms with Gasteiger partial charge in [-0.25, -0.2) is 9.97 Å². The number of hydrogen-bond acceptors (Lipinski definition) is 3. The van der Waals surface area contributed by atoms with E-state index >= 15 is 0 Å². The number of para-hydroxylation sites is 3. The maximum absolute atomic E-state index is 6.09. The Labute approximate surface area is 227 Å². The van der Waals surface area contributed by atoms with Crippen LogP contribution in [0.1, 0.15) is 0 Å². The zero-order valence-corrected chi connectivity index (χ0v) is 21.2. The van der Waals surface area contributed by atoms with Crippen molar-refractivity contribution in [3.8, 4) is 11.1 Å². The molecule has 0 aliphatic carbocycles. The van der Waals surface area contributed by atoms with Gasteiger partial charge in [-0.15, -0.1) is 0 Å². The maximum atomic E-state index is 6.09. The van der Waals surface area contributed by atoms with Crippen LogP contribution in [0, 0.1) is 0 Å². The lowest BCUT2D eigenvalue weighted by Gasteiger charge is -2.05. The summed E-state index contributed by atoms with van der Waals surface area (Å²) in [4.78, 5) is 10.2. The lowest BCUT2D eigenvalue weighted by molar-refractivity contribution is 0.669. The minimum atomic E-state index is 0.906. The molecule has 0 aliphatic heterocycles. The van der Waals surface area contributed by atoms with E-state index < -0.39 is 0 Å².